The fourth-order valence-corrected chi connectivity index (χ4v) is 3.16. The molecule has 0 aromatic heterocycles. The second kappa shape index (κ2) is 4.85. The molecule has 0 radical (unpaired) electrons. The molecule has 4 nitrogen and oxygen atoms in total. The third kappa shape index (κ3) is 2.00. The Labute approximate surface area is 113 Å². The summed E-state index contributed by atoms with van der Waals surface area (Å²) in [5, 5.41) is 0. The van der Waals surface area contributed by atoms with Crippen molar-refractivity contribution in [3.8, 4) is 5.75 Å². The summed E-state index contributed by atoms with van der Waals surface area (Å²) in [7, 11) is 1.65. The minimum atomic E-state index is -0.201. The average molecular weight is 261 g/mol. The molecular formula is C15H19NO3. The number of hydrogen-bond acceptors (Lipinski definition) is 3. The maximum Gasteiger partial charge on any atom is 0.252 e. The van der Waals surface area contributed by atoms with Gasteiger partial charge >= 0.3 is 0 Å². The van der Waals surface area contributed by atoms with Crippen LogP contribution in [0, 0.1) is 5.92 Å². The number of fused-ring (bicyclic) bond motifs is 2. The van der Waals surface area contributed by atoms with Crippen molar-refractivity contribution in [2.75, 3.05) is 13.7 Å². The van der Waals surface area contributed by atoms with Gasteiger partial charge in [-0.15, -0.1) is 0 Å². The van der Waals surface area contributed by atoms with Crippen LogP contribution in [0.5, 0.6) is 5.75 Å². The quantitative estimate of drug-likeness (QED) is 0.830. The van der Waals surface area contributed by atoms with E-state index in [0.717, 1.165) is 17.7 Å². The third-order valence-electron chi connectivity index (χ3n) is 4.24. The molecule has 2 bridgehead atoms. The van der Waals surface area contributed by atoms with Gasteiger partial charge in [-0.25, -0.2) is 0 Å². The number of morpholine rings is 1. The van der Waals surface area contributed by atoms with Crippen LogP contribution in [0.3, 0.4) is 0 Å². The molecule has 0 aliphatic carbocycles. The van der Waals surface area contributed by atoms with Crippen LogP contribution in [0.2, 0.25) is 0 Å². The predicted molar refractivity (Wildman–Crippen MR) is 70.9 cm³/mol. The van der Waals surface area contributed by atoms with Crippen molar-refractivity contribution in [3.63, 3.8) is 0 Å². The highest BCUT2D eigenvalue weighted by Crippen LogP contribution is 2.37. The highest BCUT2D eigenvalue weighted by atomic mass is 16.5. The zero-order valence-corrected chi connectivity index (χ0v) is 11.3. The molecule has 2 fully saturated rings. The molecule has 4 heteroatoms. The number of carbonyl (C=O) groups excluding carboxylic acids is 1. The molecule has 3 atom stereocenters. The summed E-state index contributed by atoms with van der Waals surface area (Å²) in [6, 6.07) is 8.15. The van der Waals surface area contributed by atoms with Crippen molar-refractivity contribution in [2.45, 2.75) is 32.0 Å². The number of methoxy groups -OCH3 is 1. The first-order valence-electron chi connectivity index (χ1n) is 6.79. The molecule has 1 aromatic rings. The molecule has 0 saturated carbocycles. The van der Waals surface area contributed by atoms with Crippen LogP contribution in [0.25, 0.3) is 0 Å². The largest absolute Gasteiger partial charge is 0.497 e. The smallest absolute Gasteiger partial charge is 0.252 e. The van der Waals surface area contributed by atoms with Gasteiger partial charge in [0.1, 0.15) is 11.9 Å². The van der Waals surface area contributed by atoms with Crippen LogP contribution < -0.4 is 4.74 Å². The maximum atomic E-state index is 12.2. The molecule has 102 valence electrons. The summed E-state index contributed by atoms with van der Waals surface area (Å²) in [6.07, 6.45) is 0.799. The molecule has 2 aliphatic rings. The number of benzene rings is 1. The lowest BCUT2D eigenvalue weighted by Gasteiger charge is -2.27. The SMILES string of the molecule is CCC1C2OCC1N(Cc1ccc(OC)cc1)C2=O. The van der Waals surface area contributed by atoms with Gasteiger partial charge in [0.15, 0.2) is 0 Å². The fraction of sp³-hybridized carbons (Fsp3) is 0.533. The van der Waals surface area contributed by atoms with E-state index in [1.807, 2.05) is 29.2 Å². The Morgan fingerprint density at radius 1 is 1.37 bits per heavy atom. The summed E-state index contributed by atoms with van der Waals surface area (Å²) in [4.78, 5) is 14.2. The second-order valence-electron chi connectivity index (χ2n) is 5.21. The molecule has 0 spiro atoms. The van der Waals surface area contributed by atoms with E-state index in [1.54, 1.807) is 7.11 Å². The van der Waals surface area contributed by atoms with E-state index < -0.39 is 0 Å². The number of hydrogen-bond donors (Lipinski definition) is 0. The first-order valence-corrected chi connectivity index (χ1v) is 6.79. The van der Waals surface area contributed by atoms with E-state index in [-0.39, 0.29) is 18.1 Å². The molecule has 2 heterocycles. The summed E-state index contributed by atoms with van der Waals surface area (Å²) < 4.78 is 10.7. The summed E-state index contributed by atoms with van der Waals surface area (Å²) >= 11 is 0. The Hall–Kier alpha value is -1.55. The van der Waals surface area contributed by atoms with Crippen molar-refractivity contribution >= 4 is 5.91 Å². The number of rotatable bonds is 4. The second-order valence-corrected chi connectivity index (χ2v) is 5.21. The van der Waals surface area contributed by atoms with E-state index in [4.69, 9.17) is 9.47 Å². The normalized spacial score (nSPS) is 29.1. The van der Waals surface area contributed by atoms with Gasteiger partial charge in [0.25, 0.3) is 5.91 Å². The van der Waals surface area contributed by atoms with Gasteiger partial charge in [0, 0.05) is 12.5 Å². The van der Waals surface area contributed by atoms with Gasteiger partial charge in [-0.2, -0.15) is 0 Å². The molecule has 0 N–H and O–H groups in total. The van der Waals surface area contributed by atoms with Crippen molar-refractivity contribution in [3.05, 3.63) is 29.8 Å². The topological polar surface area (TPSA) is 38.8 Å². The van der Waals surface area contributed by atoms with Crippen LogP contribution in [0.4, 0.5) is 0 Å². The Bertz CT molecular complexity index is 471. The standard InChI is InChI=1S/C15H19NO3/c1-3-12-13-9-19-14(12)15(17)16(13)8-10-4-6-11(18-2)7-5-10/h4-7,12-14H,3,8-9H2,1-2H3. The Kier molecular flexibility index (Phi) is 3.19. The zero-order chi connectivity index (χ0) is 13.4. The molecule has 19 heavy (non-hydrogen) atoms. The van der Waals surface area contributed by atoms with Crippen molar-refractivity contribution in [1.29, 1.82) is 0 Å². The minimum Gasteiger partial charge on any atom is -0.497 e. The summed E-state index contributed by atoms with van der Waals surface area (Å²) in [5.41, 5.74) is 1.14. The number of amides is 1. The van der Waals surface area contributed by atoms with Crippen molar-refractivity contribution < 1.29 is 14.3 Å². The van der Waals surface area contributed by atoms with Gasteiger partial charge in [-0.1, -0.05) is 19.1 Å². The van der Waals surface area contributed by atoms with Crippen molar-refractivity contribution in [2.24, 2.45) is 5.92 Å². The van der Waals surface area contributed by atoms with Gasteiger partial charge in [-0.3, -0.25) is 4.79 Å². The van der Waals surface area contributed by atoms with Crippen LogP contribution in [-0.4, -0.2) is 36.7 Å². The maximum absolute atomic E-state index is 12.2. The van der Waals surface area contributed by atoms with Crippen LogP contribution in [-0.2, 0) is 16.1 Å². The minimum absolute atomic E-state index is 0.152. The van der Waals surface area contributed by atoms with Crippen LogP contribution in [0.1, 0.15) is 18.9 Å². The van der Waals surface area contributed by atoms with Crippen LogP contribution >= 0.6 is 0 Å². The Morgan fingerprint density at radius 2 is 2.11 bits per heavy atom. The molecule has 2 saturated heterocycles. The average Bonchev–Trinajstić information content (AvgIpc) is 2.97. The first kappa shape index (κ1) is 12.5. The summed E-state index contributed by atoms with van der Waals surface area (Å²) in [6.45, 7) is 3.48. The molecular weight excluding hydrogens is 242 g/mol. The van der Waals surface area contributed by atoms with Gasteiger partial charge in [0.2, 0.25) is 0 Å². The van der Waals surface area contributed by atoms with E-state index in [9.17, 15) is 4.79 Å². The molecule has 3 unspecified atom stereocenters. The third-order valence-corrected chi connectivity index (χ3v) is 4.24. The van der Waals surface area contributed by atoms with E-state index in [2.05, 4.69) is 6.92 Å². The lowest BCUT2D eigenvalue weighted by Crippen LogP contribution is -2.41. The highest BCUT2D eigenvalue weighted by molar-refractivity contribution is 5.85. The monoisotopic (exact) mass is 261 g/mol. The molecule has 3 rings (SSSR count). The summed E-state index contributed by atoms with van der Waals surface area (Å²) in [5.74, 6) is 1.36. The van der Waals surface area contributed by atoms with Gasteiger partial charge in [0.05, 0.1) is 19.8 Å². The highest BCUT2D eigenvalue weighted by Gasteiger charge is 2.52. The van der Waals surface area contributed by atoms with Gasteiger partial charge in [-0.05, 0) is 24.1 Å². The number of nitrogens with zero attached hydrogens (tertiary/aromatic N) is 1. The molecule has 1 aromatic carbocycles. The lowest BCUT2D eigenvalue weighted by atomic mass is 9.98. The molecule has 1 amide bonds. The van der Waals surface area contributed by atoms with Crippen LogP contribution in [0.15, 0.2) is 24.3 Å². The number of carbonyl (C=O) groups is 1. The number of ether oxygens (including phenoxy) is 2. The Morgan fingerprint density at radius 3 is 2.68 bits per heavy atom. The predicted octanol–water partition coefficient (Wildman–Crippen LogP) is 1.83. The first-order chi connectivity index (χ1) is 9.24. The lowest BCUT2D eigenvalue weighted by molar-refractivity contribution is -0.144. The van der Waals surface area contributed by atoms with E-state index in [1.165, 1.54) is 0 Å². The molecule has 2 aliphatic heterocycles. The van der Waals surface area contributed by atoms with Gasteiger partial charge < -0.3 is 14.4 Å². The number of likely N-dealkylation sites (tertiary alicyclic amines) is 1. The van der Waals surface area contributed by atoms with E-state index >= 15 is 0 Å². The van der Waals surface area contributed by atoms with E-state index in [0.29, 0.717) is 19.1 Å². The van der Waals surface area contributed by atoms with Crippen molar-refractivity contribution in [1.82, 2.24) is 4.90 Å². The zero-order valence-electron chi connectivity index (χ0n) is 11.3. The fourth-order valence-electron chi connectivity index (χ4n) is 3.16. The Balaban J connectivity index is 1.74.